The van der Waals surface area contributed by atoms with Gasteiger partial charge in [-0.25, -0.2) is 21.6 Å². The molecule has 2 bridgehead atoms. The van der Waals surface area contributed by atoms with Crippen LogP contribution in [0, 0.1) is 29.3 Å². The molecule has 0 radical (unpaired) electrons. The Morgan fingerprint density at radius 3 is 2.29 bits per heavy atom. The lowest BCUT2D eigenvalue weighted by molar-refractivity contribution is 0.102. The van der Waals surface area contributed by atoms with Crippen molar-refractivity contribution in [2.45, 2.75) is 41.4 Å². The van der Waals surface area contributed by atoms with Gasteiger partial charge in [0.05, 0.1) is 28.0 Å². The zero-order valence-corrected chi connectivity index (χ0v) is 18.5. The Balaban J connectivity index is 1.49. The number of hydrogen-bond donors (Lipinski definition) is 1. The second-order valence-corrected chi connectivity index (χ2v) is 11.1. The summed E-state index contributed by atoms with van der Waals surface area (Å²) in [7, 11) is -3.99. The first kappa shape index (κ1) is 22.7. The number of anilines is 1. The first-order chi connectivity index (χ1) is 16.1. The van der Waals surface area contributed by atoms with Crippen LogP contribution in [0.25, 0.3) is 10.4 Å². The number of carbonyl (C=O) groups is 1. The van der Waals surface area contributed by atoms with Gasteiger partial charge in [0.25, 0.3) is 5.91 Å². The normalized spacial score (nSPS) is 27.3. The number of halogens is 3. The Kier molecular flexibility index (Phi) is 5.34. The third kappa shape index (κ3) is 3.81. The lowest BCUT2D eigenvalue weighted by Gasteiger charge is -2.33. The summed E-state index contributed by atoms with van der Waals surface area (Å²) in [5.41, 5.74) is 8.10. The van der Waals surface area contributed by atoms with E-state index in [1.54, 1.807) is 0 Å². The molecule has 5 rings (SSSR count). The molecule has 1 spiro atoms. The maximum atomic E-state index is 13.7. The van der Waals surface area contributed by atoms with Gasteiger partial charge in [-0.15, -0.1) is 0 Å². The minimum Gasteiger partial charge on any atom is -0.370 e. The molecule has 1 heterocycles. The summed E-state index contributed by atoms with van der Waals surface area (Å²) in [6, 6.07) is 4.76. The predicted octanol–water partition coefficient (Wildman–Crippen LogP) is 5.03. The monoisotopic (exact) mass is 492 g/mol. The minimum atomic E-state index is -3.99. The van der Waals surface area contributed by atoms with Crippen LogP contribution >= 0.6 is 0 Å². The molecular weight excluding hydrogens is 473 g/mol. The van der Waals surface area contributed by atoms with E-state index >= 15 is 0 Å². The largest absolute Gasteiger partial charge is 0.370 e. The summed E-state index contributed by atoms with van der Waals surface area (Å²) in [5.74, 6) is -5.72. The first-order valence-electron chi connectivity index (χ1n) is 10.7. The van der Waals surface area contributed by atoms with Crippen LogP contribution in [0.3, 0.4) is 0 Å². The van der Waals surface area contributed by atoms with Crippen molar-refractivity contribution in [2.24, 2.45) is 17.0 Å². The van der Waals surface area contributed by atoms with Gasteiger partial charge in [-0.1, -0.05) is 11.2 Å². The van der Waals surface area contributed by atoms with Gasteiger partial charge >= 0.3 is 0 Å². The average Bonchev–Trinajstić information content (AvgIpc) is 3.46. The highest BCUT2D eigenvalue weighted by Crippen LogP contribution is 2.56. The molecule has 1 N–H and O–H groups in total. The van der Waals surface area contributed by atoms with Crippen molar-refractivity contribution in [1.82, 2.24) is 0 Å². The molecule has 1 saturated heterocycles. The zero-order valence-electron chi connectivity index (χ0n) is 17.7. The topological polar surface area (TPSA) is 125 Å². The Hall–Kier alpha value is -3.08. The molecule has 3 fully saturated rings. The quantitative estimate of drug-likeness (QED) is 0.207. The summed E-state index contributed by atoms with van der Waals surface area (Å²) in [5, 5.41) is 5.04. The molecule has 2 unspecified atom stereocenters. The molecule has 34 heavy (non-hydrogen) atoms. The number of azide groups is 1. The highest BCUT2D eigenvalue weighted by atomic mass is 32.2. The fraction of sp³-hybridized carbons (Fsp3) is 0.409. The van der Waals surface area contributed by atoms with Crippen molar-refractivity contribution in [2.75, 3.05) is 11.9 Å². The minimum absolute atomic E-state index is 0.104. The number of rotatable bonds is 5. The van der Waals surface area contributed by atoms with Gasteiger partial charge in [-0.3, -0.25) is 4.79 Å². The molecule has 2 saturated carbocycles. The molecule has 0 aromatic heterocycles. The van der Waals surface area contributed by atoms with Gasteiger partial charge in [-0.2, -0.15) is 0 Å². The molecule has 1 amide bonds. The SMILES string of the molecule is [N-]=[N+]=Nc1ccc(C(=O)Nc2cc(F)c(F)c(F)c2)cc1S(=O)(=O)[C@H]1C2CCC1C[C@]1(CO1)C2. The van der Waals surface area contributed by atoms with E-state index in [0.29, 0.717) is 31.6 Å². The standard InChI is InChI=1S/C22H19F3N4O4S/c23-15-6-14(7-16(24)19(15)25)27-21(30)11-3-4-17(28-29-26)18(5-11)34(31,32)20-12-1-2-13(20)9-22(8-12)10-33-22/h3-7,12-13,20H,1-2,8-10H2,(H,27,30)/t12?,13?,20-,22-. The molecule has 12 heteroatoms. The van der Waals surface area contributed by atoms with Crippen molar-refractivity contribution < 1.29 is 31.1 Å². The van der Waals surface area contributed by atoms with E-state index in [-0.39, 0.29) is 39.3 Å². The fourth-order valence-corrected chi connectivity index (χ4v) is 7.92. The Morgan fingerprint density at radius 2 is 1.74 bits per heavy atom. The summed E-state index contributed by atoms with van der Waals surface area (Å²) in [4.78, 5) is 15.1. The van der Waals surface area contributed by atoms with Crippen LogP contribution in [0.5, 0.6) is 0 Å². The van der Waals surface area contributed by atoms with E-state index in [4.69, 9.17) is 10.3 Å². The van der Waals surface area contributed by atoms with Crippen molar-refractivity contribution in [3.05, 3.63) is 63.8 Å². The number of sulfone groups is 1. The number of benzene rings is 2. The van der Waals surface area contributed by atoms with E-state index in [9.17, 15) is 26.4 Å². The van der Waals surface area contributed by atoms with Crippen molar-refractivity contribution in [1.29, 1.82) is 0 Å². The first-order valence-corrected chi connectivity index (χ1v) is 12.2. The summed E-state index contributed by atoms with van der Waals surface area (Å²) >= 11 is 0. The van der Waals surface area contributed by atoms with Gasteiger partial charge < -0.3 is 10.1 Å². The van der Waals surface area contributed by atoms with Crippen LogP contribution < -0.4 is 5.32 Å². The summed E-state index contributed by atoms with van der Waals surface area (Å²) in [6.07, 6.45) is 2.79. The van der Waals surface area contributed by atoms with E-state index < -0.39 is 38.4 Å². The second kappa shape index (κ2) is 8.00. The molecule has 178 valence electrons. The average molecular weight is 492 g/mol. The number of fused-ring (bicyclic) bond motifs is 2. The molecule has 1 aliphatic heterocycles. The third-order valence-electron chi connectivity index (χ3n) is 6.94. The van der Waals surface area contributed by atoms with Gasteiger partial charge in [0, 0.05) is 28.3 Å². The molecule has 8 nitrogen and oxygen atoms in total. The number of hydrogen-bond acceptors (Lipinski definition) is 5. The molecule has 3 aliphatic rings. The number of amides is 1. The van der Waals surface area contributed by atoms with Crippen molar-refractivity contribution in [3.63, 3.8) is 0 Å². The number of nitrogens with one attached hydrogen (secondary N) is 1. The van der Waals surface area contributed by atoms with Crippen LogP contribution in [0.15, 0.2) is 40.3 Å². The molecular formula is C22H19F3N4O4S. The number of carbonyl (C=O) groups excluding carboxylic acids is 1. The van der Waals surface area contributed by atoms with Crippen LogP contribution in [-0.2, 0) is 14.6 Å². The smallest absolute Gasteiger partial charge is 0.255 e. The number of ether oxygens (including phenoxy) is 1. The lowest BCUT2D eigenvalue weighted by atomic mass is 9.81. The van der Waals surface area contributed by atoms with Crippen LogP contribution in [0.2, 0.25) is 0 Å². The maximum Gasteiger partial charge on any atom is 0.255 e. The van der Waals surface area contributed by atoms with Crippen molar-refractivity contribution in [3.8, 4) is 0 Å². The molecule has 2 aromatic rings. The zero-order chi connectivity index (χ0) is 24.3. The van der Waals surface area contributed by atoms with Crippen molar-refractivity contribution >= 4 is 27.1 Å². The molecule has 2 aromatic carbocycles. The van der Waals surface area contributed by atoms with E-state index in [1.807, 2.05) is 0 Å². The van der Waals surface area contributed by atoms with Gasteiger partial charge in [0.1, 0.15) is 0 Å². The van der Waals surface area contributed by atoms with Crippen LogP contribution in [-0.4, -0.2) is 31.8 Å². The van der Waals surface area contributed by atoms with E-state index in [2.05, 4.69) is 15.3 Å². The number of nitrogens with zero attached hydrogens (tertiary/aromatic N) is 3. The lowest BCUT2D eigenvalue weighted by Crippen LogP contribution is -2.40. The molecule has 2 aliphatic carbocycles. The highest BCUT2D eigenvalue weighted by Gasteiger charge is 2.60. The van der Waals surface area contributed by atoms with Gasteiger partial charge in [0.2, 0.25) is 0 Å². The van der Waals surface area contributed by atoms with Crippen LogP contribution in [0.1, 0.15) is 36.0 Å². The fourth-order valence-electron chi connectivity index (χ4n) is 5.45. The summed E-state index contributed by atoms with van der Waals surface area (Å²) in [6.45, 7) is 0.636. The Bertz CT molecular complexity index is 1320. The maximum absolute atomic E-state index is 13.7. The predicted molar refractivity (Wildman–Crippen MR) is 115 cm³/mol. The highest BCUT2D eigenvalue weighted by molar-refractivity contribution is 7.92. The van der Waals surface area contributed by atoms with E-state index in [0.717, 1.165) is 18.9 Å². The Labute approximate surface area is 192 Å². The van der Waals surface area contributed by atoms with E-state index in [1.165, 1.54) is 12.1 Å². The van der Waals surface area contributed by atoms with Gasteiger partial charge in [0.15, 0.2) is 27.3 Å². The third-order valence-corrected chi connectivity index (χ3v) is 9.37. The molecule has 2 atom stereocenters. The van der Waals surface area contributed by atoms with Gasteiger partial charge in [-0.05, 0) is 55.2 Å². The second-order valence-electron chi connectivity index (χ2n) is 9.07. The number of epoxide rings is 1. The Morgan fingerprint density at radius 1 is 1.12 bits per heavy atom. The van der Waals surface area contributed by atoms with Crippen LogP contribution in [0.4, 0.5) is 24.5 Å². The summed E-state index contributed by atoms with van der Waals surface area (Å²) < 4.78 is 73.2.